The first-order valence-electron chi connectivity index (χ1n) is 14.7. The fourth-order valence-corrected chi connectivity index (χ4v) is 7.00. The van der Waals surface area contributed by atoms with Gasteiger partial charge in [-0.3, -0.25) is 0 Å². The average Bonchev–Trinajstić information content (AvgIpc) is 3.54. The van der Waals surface area contributed by atoms with E-state index >= 15 is 0 Å². The van der Waals surface area contributed by atoms with Crippen molar-refractivity contribution in [3.63, 3.8) is 0 Å². The number of likely N-dealkylation sites (tertiary alicyclic amines) is 1. The van der Waals surface area contributed by atoms with Crippen LogP contribution in [-0.2, 0) is 9.47 Å². The van der Waals surface area contributed by atoms with E-state index in [0.717, 1.165) is 49.3 Å². The van der Waals surface area contributed by atoms with Gasteiger partial charge in [-0.25, -0.2) is 19.7 Å². The molecule has 0 N–H and O–H groups in total. The van der Waals surface area contributed by atoms with Crippen LogP contribution in [0.4, 0.5) is 9.93 Å². The summed E-state index contributed by atoms with van der Waals surface area (Å²) in [5.41, 5.74) is 1.99. The summed E-state index contributed by atoms with van der Waals surface area (Å²) in [6.07, 6.45) is 3.22. The van der Waals surface area contributed by atoms with Gasteiger partial charge in [-0.15, -0.1) is 0 Å². The minimum absolute atomic E-state index is 0.116. The Morgan fingerprint density at radius 2 is 1.68 bits per heavy atom. The molecule has 0 spiro atoms. The van der Waals surface area contributed by atoms with E-state index in [2.05, 4.69) is 23.0 Å². The van der Waals surface area contributed by atoms with E-state index in [1.165, 1.54) is 0 Å². The van der Waals surface area contributed by atoms with Crippen LogP contribution in [0.1, 0.15) is 54.4 Å². The maximum absolute atomic E-state index is 12.5. The predicted octanol–water partition coefficient (Wildman–Crippen LogP) is 7.48. The molecule has 0 unspecified atom stereocenters. The fourth-order valence-electron chi connectivity index (χ4n) is 4.89. The molecule has 1 aromatic carbocycles. The molecule has 0 bridgehead atoms. The quantitative estimate of drug-likeness (QED) is 0.182. The van der Waals surface area contributed by atoms with E-state index < -0.39 is 5.60 Å². The van der Waals surface area contributed by atoms with Crippen LogP contribution in [0.3, 0.4) is 0 Å². The number of carbonyl (C=O) groups is 1. The van der Waals surface area contributed by atoms with Crippen molar-refractivity contribution in [2.24, 2.45) is 0 Å². The van der Waals surface area contributed by atoms with Gasteiger partial charge in [-0.2, -0.15) is 0 Å². The number of benzene rings is 1. The van der Waals surface area contributed by atoms with Crippen LogP contribution in [0, 0.1) is 0 Å². The van der Waals surface area contributed by atoms with Gasteiger partial charge in [0.05, 0.1) is 5.56 Å². The molecule has 0 saturated carbocycles. The number of aromatic nitrogens is 3. The number of methoxy groups -OCH3 is 1. The largest absolute Gasteiger partial charge is 0.472 e. The molecule has 44 heavy (non-hydrogen) atoms. The molecule has 1 amide bonds. The minimum Gasteiger partial charge on any atom is -0.472 e. The Kier molecular flexibility index (Phi) is 9.33. The Morgan fingerprint density at radius 1 is 0.977 bits per heavy atom. The van der Waals surface area contributed by atoms with Crippen LogP contribution in [0.25, 0.3) is 31.4 Å². The first kappa shape index (κ1) is 31.9. The molecule has 1 aliphatic heterocycles. The van der Waals surface area contributed by atoms with E-state index in [4.69, 9.17) is 28.9 Å². The SMILES string of the molecule is COCOc1cc(-c2ccnc(OC(C)(C)C)c2)ccc1-c1nc2sc(N(C)C3CCN(C(=O)OC(C)(C)C)CC3)nc2s1. The van der Waals surface area contributed by atoms with Crippen LogP contribution in [-0.4, -0.2) is 77.2 Å². The second-order valence-electron chi connectivity index (χ2n) is 12.8. The molecule has 3 aromatic heterocycles. The topological polar surface area (TPSA) is 99.1 Å². The van der Waals surface area contributed by atoms with Crippen molar-refractivity contribution in [1.29, 1.82) is 0 Å². The highest BCUT2D eigenvalue weighted by molar-refractivity contribution is 7.29. The first-order valence-corrected chi connectivity index (χ1v) is 16.3. The third-order valence-electron chi connectivity index (χ3n) is 6.95. The summed E-state index contributed by atoms with van der Waals surface area (Å²) in [7, 11) is 3.68. The van der Waals surface area contributed by atoms with E-state index in [1.807, 2.05) is 65.8 Å². The molecule has 4 aromatic rings. The van der Waals surface area contributed by atoms with Crippen LogP contribution in [0.2, 0.25) is 0 Å². The smallest absolute Gasteiger partial charge is 0.410 e. The number of thiazole rings is 2. The standard InChI is InChI=1S/C32H41N5O5S2/c1-31(2,3)41-25-18-21(11-14-33-25)20-9-10-23(24(17-20)40-19-39-8)26-34-27-28(43-26)35-29(44-27)36(7)22-12-15-37(16-13-22)30(38)42-32(4,5)6/h9-11,14,17-18,22H,12-13,15-16,19H2,1-8H3. The maximum Gasteiger partial charge on any atom is 0.410 e. The molecule has 10 nitrogen and oxygen atoms in total. The highest BCUT2D eigenvalue weighted by atomic mass is 32.1. The number of fused-ring (bicyclic) bond motifs is 1. The van der Waals surface area contributed by atoms with Gasteiger partial charge < -0.3 is 28.7 Å². The lowest BCUT2D eigenvalue weighted by molar-refractivity contribution is 0.0205. The molecule has 4 heterocycles. The summed E-state index contributed by atoms with van der Waals surface area (Å²) in [5, 5.41) is 1.76. The van der Waals surface area contributed by atoms with Crippen molar-refractivity contribution >= 4 is 43.6 Å². The Bertz CT molecular complexity index is 1570. The summed E-state index contributed by atoms with van der Waals surface area (Å²) in [4.78, 5) is 32.5. The maximum atomic E-state index is 12.5. The van der Waals surface area contributed by atoms with Crippen molar-refractivity contribution in [2.75, 3.05) is 38.9 Å². The first-order chi connectivity index (χ1) is 20.8. The van der Waals surface area contributed by atoms with Crippen LogP contribution < -0.4 is 14.4 Å². The van der Waals surface area contributed by atoms with Crippen LogP contribution in [0.5, 0.6) is 11.6 Å². The molecule has 236 valence electrons. The summed E-state index contributed by atoms with van der Waals surface area (Å²) < 4.78 is 22.8. The van der Waals surface area contributed by atoms with Crippen LogP contribution in [0.15, 0.2) is 36.5 Å². The molecule has 1 saturated heterocycles. The number of pyridine rings is 1. The van der Waals surface area contributed by atoms with Gasteiger partial charge in [0.2, 0.25) is 5.88 Å². The number of nitrogens with zero attached hydrogens (tertiary/aromatic N) is 5. The number of anilines is 1. The van der Waals surface area contributed by atoms with Crippen molar-refractivity contribution in [3.05, 3.63) is 36.5 Å². The lowest BCUT2D eigenvalue weighted by Gasteiger charge is -2.37. The fraction of sp³-hybridized carbons (Fsp3) is 0.500. The van der Waals surface area contributed by atoms with Gasteiger partial charge >= 0.3 is 6.09 Å². The number of hydrogen-bond acceptors (Lipinski definition) is 11. The second kappa shape index (κ2) is 12.9. The molecule has 12 heteroatoms. The highest BCUT2D eigenvalue weighted by Crippen LogP contribution is 2.41. The van der Waals surface area contributed by atoms with E-state index in [9.17, 15) is 4.79 Å². The van der Waals surface area contributed by atoms with Gasteiger partial charge in [0, 0.05) is 45.6 Å². The molecule has 1 aliphatic rings. The van der Waals surface area contributed by atoms with Crippen molar-refractivity contribution in [1.82, 2.24) is 19.9 Å². The molecule has 1 fully saturated rings. The zero-order valence-electron chi connectivity index (χ0n) is 26.7. The molecular formula is C32H41N5O5S2. The lowest BCUT2D eigenvalue weighted by Crippen LogP contribution is -2.47. The van der Waals surface area contributed by atoms with E-state index in [0.29, 0.717) is 24.7 Å². The van der Waals surface area contributed by atoms with Crippen LogP contribution >= 0.6 is 22.7 Å². The van der Waals surface area contributed by atoms with Crippen molar-refractivity contribution in [3.8, 4) is 33.3 Å². The average molecular weight is 640 g/mol. The second-order valence-corrected chi connectivity index (χ2v) is 14.7. The minimum atomic E-state index is -0.493. The zero-order chi connectivity index (χ0) is 31.6. The lowest BCUT2D eigenvalue weighted by atomic mass is 10.0. The summed E-state index contributed by atoms with van der Waals surface area (Å²) in [6, 6.07) is 10.3. The number of ether oxygens (including phenoxy) is 4. The number of amides is 1. The summed E-state index contributed by atoms with van der Waals surface area (Å²) >= 11 is 3.13. The predicted molar refractivity (Wildman–Crippen MR) is 176 cm³/mol. The third kappa shape index (κ3) is 7.77. The van der Waals surface area contributed by atoms with E-state index in [-0.39, 0.29) is 24.5 Å². The normalized spacial score (nSPS) is 14.6. The van der Waals surface area contributed by atoms with Gasteiger partial charge in [0.1, 0.15) is 22.0 Å². The number of rotatable bonds is 8. The Morgan fingerprint density at radius 3 is 2.34 bits per heavy atom. The molecule has 0 aliphatic carbocycles. The molecule has 5 rings (SSSR count). The number of carbonyl (C=O) groups excluding carboxylic acids is 1. The highest BCUT2D eigenvalue weighted by Gasteiger charge is 2.30. The van der Waals surface area contributed by atoms with Gasteiger partial charge in [0.25, 0.3) is 0 Å². The van der Waals surface area contributed by atoms with Gasteiger partial charge in [-0.05, 0) is 83.7 Å². The number of hydrogen-bond donors (Lipinski definition) is 0. The Labute approximate surface area is 267 Å². The molecular weight excluding hydrogens is 599 g/mol. The number of piperidine rings is 1. The monoisotopic (exact) mass is 639 g/mol. The van der Waals surface area contributed by atoms with Crippen molar-refractivity contribution < 1.29 is 23.7 Å². The summed E-state index contributed by atoms with van der Waals surface area (Å²) in [6.45, 7) is 13.1. The van der Waals surface area contributed by atoms with Crippen molar-refractivity contribution in [2.45, 2.75) is 71.6 Å². The Balaban J connectivity index is 1.32. The van der Waals surface area contributed by atoms with Gasteiger partial charge in [0.15, 0.2) is 21.6 Å². The summed E-state index contributed by atoms with van der Waals surface area (Å²) in [5.74, 6) is 1.24. The zero-order valence-corrected chi connectivity index (χ0v) is 28.3. The van der Waals surface area contributed by atoms with E-state index in [1.54, 1.807) is 40.9 Å². The van der Waals surface area contributed by atoms with Gasteiger partial charge in [-0.1, -0.05) is 28.7 Å². The molecule has 0 radical (unpaired) electrons. The molecule has 0 atom stereocenters. The Hall–Kier alpha value is -3.48. The third-order valence-corrected chi connectivity index (χ3v) is 9.10.